The molecule has 1 aliphatic carbocycles. The van der Waals surface area contributed by atoms with E-state index in [0.29, 0.717) is 17.9 Å². The highest BCUT2D eigenvalue weighted by atomic mass is 16.5. The van der Waals surface area contributed by atoms with Crippen molar-refractivity contribution in [1.82, 2.24) is 4.98 Å². The smallest absolute Gasteiger partial charge is 0.213 e. The van der Waals surface area contributed by atoms with Crippen LogP contribution in [0, 0.1) is 24.7 Å². The predicted molar refractivity (Wildman–Crippen MR) is 79.1 cm³/mol. The zero-order chi connectivity index (χ0) is 14.0. The lowest BCUT2D eigenvalue weighted by Crippen LogP contribution is -2.36. The summed E-state index contributed by atoms with van der Waals surface area (Å²) in [6.45, 7) is 8.82. The van der Waals surface area contributed by atoms with E-state index in [1.807, 2.05) is 19.1 Å². The van der Waals surface area contributed by atoms with Crippen molar-refractivity contribution in [3.63, 3.8) is 0 Å². The maximum atomic E-state index is 6.17. The van der Waals surface area contributed by atoms with Crippen LogP contribution in [0.2, 0.25) is 0 Å². The quantitative estimate of drug-likeness (QED) is 0.901. The first-order chi connectivity index (χ1) is 8.97. The van der Waals surface area contributed by atoms with E-state index < -0.39 is 0 Å². The Kier molecular flexibility index (Phi) is 4.33. The second-order valence-electron chi connectivity index (χ2n) is 6.31. The molecule has 0 aromatic carbocycles. The van der Waals surface area contributed by atoms with Crippen molar-refractivity contribution in [3.8, 4) is 5.88 Å². The molecule has 2 rings (SSSR count). The lowest BCUT2D eigenvalue weighted by molar-refractivity contribution is 0.0426. The van der Waals surface area contributed by atoms with Gasteiger partial charge in [-0.15, -0.1) is 0 Å². The molecule has 3 nitrogen and oxygen atoms in total. The number of pyridine rings is 1. The highest BCUT2D eigenvalue weighted by molar-refractivity contribution is 5.43. The van der Waals surface area contributed by atoms with Gasteiger partial charge in [-0.1, -0.05) is 27.2 Å². The fourth-order valence-electron chi connectivity index (χ4n) is 3.02. The molecule has 0 amide bonds. The predicted octanol–water partition coefficient (Wildman–Crippen LogP) is 3.81. The van der Waals surface area contributed by atoms with Crippen LogP contribution < -0.4 is 10.5 Å². The molecule has 1 heterocycles. The van der Waals surface area contributed by atoms with Crippen LogP contribution in [0.25, 0.3) is 0 Å². The van der Waals surface area contributed by atoms with Gasteiger partial charge in [0.15, 0.2) is 0 Å². The summed E-state index contributed by atoms with van der Waals surface area (Å²) in [5.74, 6) is 2.76. The number of aryl methyl sites for hydroxylation is 1. The summed E-state index contributed by atoms with van der Waals surface area (Å²) in [5, 5.41) is 0. The van der Waals surface area contributed by atoms with Crippen molar-refractivity contribution in [2.45, 2.75) is 53.1 Å². The maximum absolute atomic E-state index is 6.17. The Hall–Kier alpha value is -1.25. The Morgan fingerprint density at radius 1 is 1.32 bits per heavy atom. The van der Waals surface area contributed by atoms with Gasteiger partial charge in [0.1, 0.15) is 6.10 Å². The molecule has 0 bridgehead atoms. The van der Waals surface area contributed by atoms with E-state index in [1.54, 1.807) is 0 Å². The van der Waals surface area contributed by atoms with Gasteiger partial charge < -0.3 is 10.5 Å². The topological polar surface area (TPSA) is 48.1 Å². The Labute approximate surface area is 116 Å². The Morgan fingerprint density at radius 2 is 2.05 bits per heavy atom. The van der Waals surface area contributed by atoms with Gasteiger partial charge in [-0.25, -0.2) is 4.98 Å². The van der Waals surface area contributed by atoms with E-state index in [1.165, 1.54) is 12.8 Å². The van der Waals surface area contributed by atoms with Crippen molar-refractivity contribution in [2.75, 3.05) is 5.73 Å². The van der Waals surface area contributed by atoms with Crippen LogP contribution in [-0.4, -0.2) is 11.1 Å². The van der Waals surface area contributed by atoms with Crippen LogP contribution in [-0.2, 0) is 0 Å². The molecule has 0 aliphatic heterocycles. The van der Waals surface area contributed by atoms with E-state index in [0.717, 1.165) is 29.6 Å². The monoisotopic (exact) mass is 262 g/mol. The van der Waals surface area contributed by atoms with E-state index >= 15 is 0 Å². The van der Waals surface area contributed by atoms with Crippen molar-refractivity contribution in [2.24, 2.45) is 17.8 Å². The van der Waals surface area contributed by atoms with Gasteiger partial charge in [0.05, 0.1) is 11.4 Å². The third-order valence-electron chi connectivity index (χ3n) is 4.33. The molecule has 0 saturated heterocycles. The molecule has 1 saturated carbocycles. The van der Waals surface area contributed by atoms with Gasteiger partial charge in [-0.2, -0.15) is 0 Å². The summed E-state index contributed by atoms with van der Waals surface area (Å²) in [4.78, 5) is 4.44. The molecule has 1 fully saturated rings. The van der Waals surface area contributed by atoms with Crippen LogP contribution in [0.3, 0.4) is 0 Å². The van der Waals surface area contributed by atoms with Gasteiger partial charge in [0.25, 0.3) is 0 Å². The number of nitrogens with zero attached hydrogens (tertiary/aromatic N) is 1. The fraction of sp³-hybridized carbons (Fsp3) is 0.688. The lowest BCUT2D eigenvalue weighted by Gasteiger charge is -2.37. The molecule has 19 heavy (non-hydrogen) atoms. The van der Waals surface area contributed by atoms with Gasteiger partial charge in [-0.05, 0) is 43.6 Å². The highest BCUT2D eigenvalue weighted by Crippen LogP contribution is 2.35. The Balaban J connectivity index is 2.11. The number of hydrogen-bond donors (Lipinski definition) is 1. The number of nitrogens with two attached hydrogens (primary N) is 1. The molecule has 3 unspecified atom stereocenters. The second-order valence-corrected chi connectivity index (χ2v) is 6.31. The normalized spacial score (nSPS) is 27.5. The van der Waals surface area contributed by atoms with E-state index in [4.69, 9.17) is 10.5 Å². The molecule has 0 spiro atoms. The number of ether oxygens (including phenoxy) is 1. The Bertz CT molecular complexity index is 431. The van der Waals surface area contributed by atoms with Gasteiger partial charge >= 0.3 is 0 Å². The minimum atomic E-state index is 0.291. The average molecular weight is 262 g/mol. The van der Waals surface area contributed by atoms with E-state index in [-0.39, 0.29) is 0 Å². The third kappa shape index (κ3) is 3.40. The van der Waals surface area contributed by atoms with Crippen molar-refractivity contribution >= 4 is 5.69 Å². The van der Waals surface area contributed by atoms with E-state index in [9.17, 15) is 0 Å². The molecule has 106 valence electrons. The molecule has 0 radical (unpaired) electrons. The Morgan fingerprint density at radius 3 is 2.68 bits per heavy atom. The molecule has 2 N–H and O–H groups in total. The van der Waals surface area contributed by atoms with Crippen LogP contribution in [0.15, 0.2) is 12.1 Å². The van der Waals surface area contributed by atoms with Crippen molar-refractivity contribution in [3.05, 3.63) is 17.8 Å². The van der Waals surface area contributed by atoms with Crippen LogP contribution in [0.1, 0.15) is 45.7 Å². The van der Waals surface area contributed by atoms with E-state index in [2.05, 4.69) is 25.8 Å². The minimum absolute atomic E-state index is 0.291. The van der Waals surface area contributed by atoms with Gasteiger partial charge in [-0.3, -0.25) is 0 Å². The molecular formula is C16H26N2O. The summed E-state index contributed by atoms with van der Waals surface area (Å²) < 4.78 is 6.17. The largest absolute Gasteiger partial charge is 0.474 e. The van der Waals surface area contributed by atoms with Crippen LogP contribution in [0.5, 0.6) is 5.88 Å². The number of nitrogen functional groups attached to an aromatic ring is 1. The summed E-state index contributed by atoms with van der Waals surface area (Å²) in [5.41, 5.74) is 7.38. The SMILES string of the molecule is Cc1nc(OC2CC(C)CCC2C(C)C)ccc1N. The molecule has 3 atom stereocenters. The first-order valence-electron chi connectivity index (χ1n) is 7.37. The maximum Gasteiger partial charge on any atom is 0.213 e. The zero-order valence-corrected chi connectivity index (χ0v) is 12.5. The summed E-state index contributed by atoms with van der Waals surface area (Å²) >= 11 is 0. The van der Waals surface area contributed by atoms with Gasteiger partial charge in [0.2, 0.25) is 5.88 Å². The van der Waals surface area contributed by atoms with Crippen LogP contribution in [0.4, 0.5) is 5.69 Å². The number of rotatable bonds is 3. The molecular weight excluding hydrogens is 236 g/mol. The first-order valence-corrected chi connectivity index (χ1v) is 7.37. The highest BCUT2D eigenvalue weighted by Gasteiger charge is 2.32. The van der Waals surface area contributed by atoms with Crippen LogP contribution >= 0.6 is 0 Å². The third-order valence-corrected chi connectivity index (χ3v) is 4.33. The second kappa shape index (κ2) is 5.81. The molecule has 1 aromatic heterocycles. The first kappa shape index (κ1) is 14.2. The fourth-order valence-corrected chi connectivity index (χ4v) is 3.02. The van der Waals surface area contributed by atoms with Crippen molar-refractivity contribution < 1.29 is 4.74 Å². The summed E-state index contributed by atoms with van der Waals surface area (Å²) in [6.07, 6.45) is 4.00. The number of aromatic nitrogens is 1. The number of hydrogen-bond acceptors (Lipinski definition) is 3. The minimum Gasteiger partial charge on any atom is -0.474 e. The number of anilines is 1. The standard InChI is InChI=1S/C16H26N2O/c1-10(2)13-6-5-11(3)9-15(13)19-16-8-7-14(17)12(4)18-16/h7-8,10-11,13,15H,5-6,9,17H2,1-4H3. The van der Waals surface area contributed by atoms with Crippen molar-refractivity contribution in [1.29, 1.82) is 0 Å². The molecule has 3 heteroatoms. The molecule has 1 aromatic rings. The average Bonchev–Trinajstić information content (AvgIpc) is 2.33. The lowest BCUT2D eigenvalue weighted by atomic mass is 9.75. The molecule has 1 aliphatic rings. The van der Waals surface area contributed by atoms with Gasteiger partial charge in [0, 0.05) is 6.07 Å². The summed E-state index contributed by atoms with van der Waals surface area (Å²) in [6, 6.07) is 3.77. The summed E-state index contributed by atoms with van der Waals surface area (Å²) in [7, 11) is 0. The zero-order valence-electron chi connectivity index (χ0n) is 12.5.